The third kappa shape index (κ3) is 14.5. The van der Waals surface area contributed by atoms with Gasteiger partial charge in [-0.3, -0.25) is 4.72 Å². The highest BCUT2D eigenvalue weighted by atomic mass is 32.1. The van der Waals surface area contributed by atoms with Crippen LogP contribution in [0.25, 0.3) is 0 Å². The lowest BCUT2D eigenvalue weighted by Gasteiger charge is -2.02. The van der Waals surface area contributed by atoms with E-state index >= 15 is 0 Å². The predicted octanol–water partition coefficient (Wildman–Crippen LogP) is -0.425. The first kappa shape index (κ1) is 15.2. The lowest BCUT2D eigenvalue weighted by atomic mass is 10.5. The van der Waals surface area contributed by atoms with Gasteiger partial charge in [-0.15, -0.1) is 0 Å². The van der Waals surface area contributed by atoms with E-state index in [4.69, 9.17) is 4.74 Å². The molecule has 80 valence electrons. The second-order valence-corrected chi connectivity index (χ2v) is 2.23. The molecule has 0 aliphatic rings. The number of nitrogens with two attached hydrogens (primary N) is 1. The van der Waals surface area contributed by atoms with Crippen molar-refractivity contribution in [2.24, 2.45) is 5.73 Å². The molecule has 0 atom stereocenters. The predicted molar refractivity (Wildman–Crippen MR) is 54.6 cm³/mol. The Bertz CT molecular complexity index is 114. The van der Waals surface area contributed by atoms with Crippen LogP contribution in [0.4, 0.5) is 0 Å². The van der Waals surface area contributed by atoms with E-state index in [-0.39, 0.29) is 12.6 Å². The molecular formula is C7H18N2O3S. The number of ether oxygens (including phenoxy) is 2. The molecule has 0 fully saturated rings. The van der Waals surface area contributed by atoms with Gasteiger partial charge < -0.3 is 15.2 Å². The fraction of sp³-hybridized carbons (Fsp3) is 0.857. The van der Waals surface area contributed by atoms with Gasteiger partial charge in [0.1, 0.15) is 6.61 Å². The van der Waals surface area contributed by atoms with Gasteiger partial charge in [0.25, 0.3) is 0 Å². The number of carbonyl (C=O) groups is 1. The van der Waals surface area contributed by atoms with Gasteiger partial charge in [-0.1, -0.05) is 12.8 Å². The molecule has 3 N–H and O–H groups in total. The summed E-state index contributed by atoms with van der Waals surface area (Å²) in [6, 6.07) is 0. The molecule has 0 heterocycles. The molecule has 0 bridgehead atoms. The Morgan fingerprint density at radius 3 is 2.62 bits per heavy atom. The summed E-state index contributed by atoms with van der Waals surface area (Å²) in [4.78, 5) is 10.6. The lowest BCUT2D eigenvalue weighted by molar-refractivity contribution is -0.147. The van der Waals surface area contributed by atoms with Gasteiger partial charge in [-0.25, -0.2) is 4.79 Å². The molecule has 0 radical (unpaired) electrons. The van der Waals surface area contributed by atoms with Crippen LogP contribution in [0.15, 0.2) is 0 Å². The molecule has 5 nitrogen and oxygen atoms in total. The first-order valence-electron chi connectivity index (χ1n) is 3.90. The van der Waals surface area contributed by atoms with Crippen LogP contribution in [0.2, 0.25) is 0 Å². The summed E-state index contributed by atoms with van der Waals surface area (Å²) in [5.74, 6) is -0.327. The van der Waals surface area contributed by atoms with E-state index in [1.807, 2.05) is 0 Å². The summed E-state index contributed by atoms with van der Waals surface area (Å²) in [5.41, 5.74) is 4.50. The van der Waals surface area contributed by atoms with E-state index in [2.05, 4.69) is 28.0 Å². The Morgan fingerprint density at radius 1 is 1.54 bits per heavy atom. The second-order valence-electron chi connectivity index (χ2n) is 1.92. The summed E-state index contributed by atoms with van der Waals surface area (Å²) in [7, 11) is 2.95. The fourth-order valence-electron chi connectivity index (χ4n) is 0.497. The standard InChI is InChI=1S/C6H13NO3S.CH5N/c1-9-5-6(8)10-4-2-3-7-11;1-2/h7,11H,2-5H2,1H3;2H2,1H3. The Balaban J connectivity index is 0. The van der Waals surface area contributed by atoms with Gasteiger partial charge in [0.2, 0.25) is 0 Å². The molecule has 0 aromatic rings. The van der Waals surface area contributed by atoms with E-state index in [1.165, 1.54) is 14.2 Å². The van der Waals surface area contributed by atoms with E-state index in [0.29, 0.717) is 6.61 Å². The first-order chi connectivity index (χ1) is 6.31. The highest BCUT2D eigenvalue weighted by Gasteiger charge is 1.99. The maximum absolute atomic E-state index is 10.6. The maximum Gasteiger partial charge on any atom is 0.332 e. The summed E-state index contributed by atoms with van der Waals surface area (Å²) in [5, 5.41) is 0. The normalized spacial score (nSPS) is 8.62. The molecular weight excluding hydrogens is 192 g/mol. The number of hydrogen-bond acceptors (Lipinski definition) is 6. The molecule has 0 aromatic heterocycles. The largest absolute Gasteiger partial charge is 0.464 e. The Kier molecular flexibility index (Phi) is 16.6. The zero-order chi connectivity index (χ0) is 10.5. The fourth-order valence-corrected chi connectivity index (χ4v) is 0.655. The summed E-state index contributed by atoms with van der Waals surface area (Å²) in [6.07, 6.45) is 0.763. The molecule has 0 amide bonds. The molecule has 0 unspecified atom stereocenters. The monoisotopic (exact) mass is 210 g/mol. The van der Waals surface area contributed by atoms with Crippen molar-refractivity contribution in [2.75, 3.05) is 33.9 Å². The van der Waals surface area contributed by atoms with Crippen molar-refractivity contribution in [3.63, 3.8) is 0 Å². The van der Waals surface area contributed by atoms with Crippen LogP contribution in [0, 0.1) is 0 Å². The van der Waals surface area contributed by atoms with Crippen molar-refractivity contribution >= 4 is 18.8 Å². The number of carbonyl (C=O) groups excluding carboxylic acids is 1. The van der Waals surface area contributed by atoms with Gasteiger partial charge in [-0.2, -0.15) is 0 Å². The molecule has 0 saturated carbocycles. The summed E-state index contributed by atoms with van der Waals surface area (Å²) >= 11 is 3.77. The van der Waals surface area contributed by atoms with Gasteiger partial charge in [-0.05, 0) is 13.5 Å². The molecule has 0 saturated heterocycles. The molecule has 0 aliphatic carbocycles. The van der Waals surface area contributed by atoms with Crippen molar-refractivity contribution in [3.8, 4) is 0 Å². The van der Waals surface area contributed by atoms with Gasteiger partial charge in [0, 0.05) is 13.7 Å². The summed E-state index contributed by atoms with van der Waals surface area (Å²) < 4.78 is 11.9. The highest BCUT2D eigenvalue weighted by molar-refractivity contribution is 7.78. The molecule has 13 heavy (non-hydrogen) atoms. The van der Waals surface area contributed by atoms with Crippen molar-refractivity contribution in [2.45, 2.75) is 6.42 Å². The first-order valence-corrected chi connectivity index (χ1v) is 4.35. The smallest absolute Gasteiger partial charge is 0.332 e. The van der Waals surface area contributed by atoms with Crippen LogP contribution in [-0.4, -0.2) is 39.9 Å². The van der Waals surface area contributed by atoms with Crippen molar-refractivity contribution < 1.29 is 14.3 Å². The maximum atomic E-state index is 10.6. The van der Waals surface area contributed by atoms with Crippen molar-refractivity contribution in [3.05, 3.63) is 0 Å². The van der Waals surface area contributed by atoms with Crippen LogP contribution in [0.1, 0.15) is 6.42 Å². The minimum Gasteiger partial charge on any atom is -0.464 e. The molecule has 6 heteroatoms. The topological polar surface area (TPSA) is 73.6 Å². The van der Waals surface area contributed by atoms with Crippen molar-refractivity contribution in [1.29, 1.82) is 0 Å². The quantitative estimate of drug-likeness (QED) is 0.315. The third-order valence-electron chi connectivity index (χ3n) is 0.958. The lowest BCUT2D eigenvalue weighted by Crippen LogP contribution is -2.14. The van der Waals surface area contributed by atoms with Gasteiger partial charge in [0.05, 0.1) is 6.61 Å². The third-order valence-corrected chi connectivity index (χ3v) is 1.18. The number of rotatable bonds is 6. The number of thiol groups is 1. The minimum absolute atomic E-state index is 0.0221. The van der Waals surface area contributed by atoms with E-state index in [0.717, 1.165) is 13.0 Å². The second kappa shape index (κ2) is 14.2. The van der Waals surface area contributed by atoms with Crippen LogP contribution in [0.5, 0.6) is 0 Å². The van der Waals surface area contributed by atoms with E-state index in [9.17, 15) is 4.79 Å². The molecule has 0 rings (SSSR count). The molecule has 0 aromatic carbocycles. The van der Waals surface area contributed by atoms with Crippen LogP contribution in [-0.2, 0) is 14.3 Å². The SMILES string of the molecule is CN.COCC(=O)OCCCNS. The van der Waals surface area contributed by atoms with E-state index in [1.54, 1.807) is 0 Å². The number of nitrogens with one attached hydrogen (secondary N) is 1. The van der Waals surface area contributed by atoms with Crippen molar-refractivity contribution in [1.82, 2.24) is 4.72 Å². The minimum atomic E-state index is -0.327. The Labute approximate surface area is 84.5 Å². The van der Waals surface area contributed by atoms with E-state index < -0.39 is 0 Å². The van der Waals surface area contributed by atoms with Crippen LogP contribution in [0.3, 0.4) is 0 Å². The number of methoxy groups -OCH3 is 1. The average Bonchev–Trinajstić information content (AvgIpc) is 2.16. The summed E-state index contributed by atoms with van der Waals surface area (Å²) in [6.45, 7) is 1.16. The highest BCUT2D eigenvalue weighted by Crippen LogP contribution is 1.83. The number of hydrogen-bond donors (Lipinski definition) is 3. The van der Waals surface area contributed by atoms with Gasteiger partial charge >= 0.3 is 5.97 Å². The number of esters is 1. The van der Waals surface area contributed by atoms with Gasteiger partial charge in [0.15, 0.2) is 0 Å². The Hall–Kier alpha value is -0.300. The van der Waals surface area contributed by atoms with Crippen LogP contribution < -0.4 is 10.5 Å². The Morgan fingerprint density at radius 2 is 2.15 bits per heavy atom. The van der Waals surface area contributed by atoms with Crippen LogP contribution >= 0.6 is 12.8 Å². The average molecular weight is 210 g/mol. The molecule has 0 aliphatic heterocycles. The zero-order valence-electron chi connectivity index (χ0n) is 8.08. The molecule has 0 spiro atoms. The zero-order valence-corrected chi connectivity index (χ0v) is 8.97.